The molecule has 3 aromatic carbocycles. The summed E-state index contributed by atoms with van der Waals surface area (Å²) in [5.41, 5.74) is 2.59. The standard InChI is InChI=1S/C23H22ClNO5/c1-28-20-9-8-17(23(26)27)12-19(20)25-13-16-10-18(24)22(21(11-16)29-2)30-14-15-6-4-3-5-7-15/h3-12,25H,13-14H2,1-2H3,(H,26,27). The summed E-state index contributed by atoms with van der Waals surface area (Å²) in [4.78, 5) is 11.2. The van der Waals surface area contributed by atoms with Gasteiger partial charge < -0.3 is 24.6 Å². The molecule has 7 heteroatoms. The van der Waals surface area contributed by atoms with Crippen LogP contribution in [0, 0.1) is 0 Å². The van der Waals surface area contributed by atoms with E-state index >= 15 is 0 Å². The van der Waals surface area contributed by atoms with Gasteiger partial charge in [0.1, 0.15) is 12.4 Å². The highest BCUT2D eigenvalue weighted by atomic mass is 35.5. The van der Waals surface area contributed by atoms with E-state index < -0.39 is 5.97 Å². The molecule has 2 N–H and O–H groups in total. The predicted molar refractivity (Wildman–Crippen MR) is 116 cm³/mol. The van der Waals surface area contributed by atoms with Crippen molar-refractivity contribution in [1.29, 1.82) is 0 Å². The normalized spacial score (nSPS) is 10.4. The number of rotatable bonds is 9. The lowest BCUT2D eigenvalue weighted by Gasteiger charge is -2.16. The third-order valence-corrected chi connectivity index (χ3v) is 4.73. The van der Waals surface area contributed by atoms with Crippen LogP contribution in [0.3, 0.4) is 0 Å². The average Bonchev–Trinajstić information content (AvgIpc) is 2.76. The van der Waals surface area contributed by atoms with E-state index in [1.165, 1.54) is 19.2 Å². The number of ether oxygens (including phenoxy) is 3. The zero-order valence-electron chi connectivity index (χ0n) is 16.6. The molecule has 0 spiro atoms. The van der Waals surface area contributed by atoms with Crippen molar-refractivity contribution >= 4 is 23.3 Å². The van der Waals surface area contributed by atoms with Crippen LogP contribution in [0.4, 0.5) is 5.69 Å². The number of carboxylic acid groups (broad SMARTS) is 1. The fraction of sp³-hybridized carbons (Fsp3) is 0.174. The van der Waals surface area contributed by atoms with E-state index in [4.69, 9.17) is 25.8 Å². The first-order chi connectivity index (χ1) is 14.5. The Balaban J connectivity index is 1.77. The molecular formula is C23H22ClNO5. The number of methoxy groups -OCH3 is 2. The van der Waals surface area contributed by atoms with Crippen molar-refractivity contribution in [2.24, 2.45) is 0 Å². The van der Waals surface area contributed by atoms with E-state index in [1.807, 2.05) is 36.4 Å². The van der Waals surface area contributed by atoms with Crippen LogP contribution in [0.5, 0.6) is 17.2 Å². The van der Waals surface area contributed by atoms with Crippen molar-refractivity contribution in [3.05, 3.63) is 82.4 Å². The minimum atomic E-state index is -1.01. The Morgan fingerprint density at radius 3 is 2.37 bits per heavy atom. The molecule has 0 fully saturated rings. The highest BCUT2D eigenvalue weighted by Gasteiger charge is 2.14. The van der Waals surface area contributed by atoms with E-state index in [2.05, 4.69) is 5.32 Å². The Hall–Kier alpha value is -3.38. The first-order valence-electron chi connectivity index (χ1n) is 9.20. The van der Waals surface area contributed by atoms with Crippen LogP contribution in [0.25, 0.3) is 0 Å². The number of nitrogens with one attached hydrogen (secondary N) is 1. The smallest absolute Gasteiger partial charge is 0.335 e. The summed E-state index contributed by atoms with van der Waals surface area (Å²) in [6, 6.07) is 18.0. The molecule has 0 aromatic heterocycles. The van der Waals surface area contributed by atoms with Crippen LogP contribution in [0.1, 0.15) is 21.5 Å². The number of halogens is 1. The Kier molecular flexibility index (Phi) is 7.03. The van der Waals surface area contributed by atoms with Gasteiger partial charge in [-0.3, -0.25) is 0 Å². The lowest BCUT2D eigenvalue weighted by molar-refractivity contribution is 0.0697. The first-order valence-corrected chi connectivity index (χ1v) is 9.58. The van der Waals surface area contributed by atoms with Crippen molar-refractivity contribution in [3.8, 4) is 17.2 Å². The summed E-state index contributed by atoms with van der Waals surface area (Å²) in [7, 11) is 3.08. The molecule has 0 bridgehead atoms. The van der Waals surface area contributed by atoms with E-state index in [0.29, 0.717) is 41.1 Å². The molecule has 30 heavy (non-hydrogen) atoms. The van der Waals surface area contributed by atoms with Gasteiger partial charge in [-0.05, 0) is 41.5 Å². The van der Waals surface area contributed by atoms with E-state index in [9.17, 15) is 9.90 Å². The number of benzene rings is 3. The molecule has 6 nitrogen and oxygen atoms in total. The van der Waals surface area contributed by atoms with Gasteiger partial charge in [-0.1, -0.05) is 41.9 Å². The maximum atomic E-state index is 11.2. The second-order valence-electron chi connectivity index (χ2n) is 6.46. The van der Waals surface area contributed by atoms with Crippen molar-refractivity contribution in [1.82, 2.24) is 0 Å². The molecule has 3 aromatic rings. The summed E-state index contributed by atoms with van der Waals surface area (Å²) < 4.78 is 16.6. The van der Waals surface area contributed by atoms with Gasteiger partial charge in [-0.15, -0.1) is 0 Å². The van der Waals surface area contributed by atoms with Gasteiger partial charge in [0, 0.05) is 6.54 Å². The predicted octanol–water partition coefficient (Wildman–Crippen LogP) is 5.25. The molecule has 3 rings (SSSR count). The molecule has 156 valence electrons. The average molecular weight is 428 g/mol. The Labute approximate surface area is 180 Å². The lowest BCUT2D eigenvalue weighted by atomic mass is 10.1. The van der Waals surface area contributed by atoms with Gasteiger partial charge in [-0.2, -0.15) is 0 Å². The summed E-state index contributed by atoms with van der Waals surface area (Å²) in [5, 5.41) is 12.8. The van der Waals surface area contributed by atoms with Crippen LogP contribution < -0.4 is 19.5 Å². The Morgan fingerprint density at radius 2 is 1.70 bits per heavy atom. The van der Waals surface area contributed by atoms with Crippen molar-refractivity contribution in [2.45, 2.75) is 13.2 Å². The third-order valence-electron chi connectivity index (χ3n) is 4.44. The van der Waals surface area contributed by atoms with Gasteiger partial charge in [0.2, 0.25) is 0 Å². The molecule has 0 saturated carbocycles. The van der Waals surface area contributed by atoms with Gasteiger partial charge in [0.05, 0.1) is 30.5 Å². The number of hydrogen-bond donors (Lipinski definition) is 2. The van der Waals surface area contributed by atoms with Gasteiger partial charge >= 0.3 is 5.97 Å². The number of anilines is 1. The van der Waals surface area contributed by atoms with E-state index in [1.54, 1.807) is 19.2 Å². The van der Waals surface area contributed by atoms with Gasteiger partial charge in [0.25, 0.3) is 0 Å². The van der Waals surface area contributed by atoms with Crippen molar-refractivity contribution in [3.63, 3.8) is 0 Å². The minimum absolute atomic E-state index is 0.165. The maximum Gasteiger partial charge on any atom is 0.335 e. The maximum absolute atomic E-state index is 11.2. The van der Waals surface area contributed by atoms with E-state index in [-0.39, 0.29) is 5.56 Å². The summed E-state index contributed by atoms with van der Waals surface area (Å²) in [6.07, 6.45) is 0. The molecule has 0 aliphatic rings. The zero-order chi connectivity index (χ0) is 21.5. The van der Waals surface area contributed by atoms with Crippen molar-refractivity contribution in [2.75, 3.05) is 19.5 Å². The Bertz CT molecular complexity index is 1020. The van der Waals surface area contributed by atoms with Crippen LogP contribution in [0.15, 0.2) is 60.7 Å². The number of aromatic carboxylic acids is 1. The first kappa shape index (κ1) is 21.3. The fourth-order valence-corrected chi connectivity index (χ4v) is 3.21. The molecular weight excluding hydrogens is 406 g/mol. The lowest BCUT2D eigenvalue weighted by Crippen LogP contribution is -2.05. The molecule has 0 atom stereocenters. The summed E-state index contributed by atoms with van der Waals surface area (Å²) in [5.74, 6) is 0.518. The summed E-state index contributed by atoms with van der Waals surface area (Å²) in [6.45, 7) is 0.752. The fourth-order valence-electron chi connectivity index (χ4n) is 2.92. The van der Waals surface area contributed by atoms with E-state index in [0.717, 1.165) is 11.1 Å². The van der Waals surface area contributed by atoms with Crippen LogP contribution in [-0.2, 0) is 13.2 Å². The monoisotopic (exact) mass is 427 g/mol. The highest BCUT2D eigenvalue weighted by Crippen LogP contribution is 2.37. The van der Waals surface area contributed by atoms with Crippen LogP contribution in [-0.4, -0.2) is 25.3 Å². The number of carbonyl (C=O) groups is 1. The second-order valence-corrected chi connectivity index (χ2v) is 6.86. The molecule has 0 aliphatic heterocycles. The largest absolute Gasteiger partial charge is 0.495 e. The number of carboxylic acids is 1. The molecule has 0 radical (unpaired) electrons. The minimum Gasteiger partial charge on any atom is -0.495 e. The molecule has 0 aliphatic carbocycles. The molecule has 0 saturated heterocycles. The van der Waals surface area contributed by atoms with Crippen LogP contribution >= 0.6 is 11.6 Å². The molecule has 0 amide bonds. The Morgan fingerprint density at radius 1 is 0.967 bits per heavy atom. The second kappa shape index (κ2) is 9.89. The quantitative estimate of drug-likeness (QED) is 0.486. The topological polar surface area (TPSA) is 77.0 Å². The third kappa shape index (κ3) is 5.15. The zero-order valence-corrected chi connectivity index (χ0v) is 17.4. The van der Waals surface area contributed by atoms with Gasteiger partial charge in [0.15, 0.2) is 11.5 Å². The summed E-state index contributed by atoms with van der Waals surface area (Å²) >= 11 is 6.45. The highest BCUT2D eigenvalue weighted by molar-refractivity contribution is 6.32. The van der Waals surface area contributed by atoms with Crippen molar-refractivity contribution < 1.29 is 24.1 Å². The van der Waals surface area contributed by atoms with Crippen LogP contribution in [0.2, 0.25) is 5.02 Å². The van der Waals surface area contributed by atoms with Gasteiger partial charge in [-0.25, -0.2) is 4.79 Å². The SMILES string of the molecule is COc1ccc(C(=O)O)cc1NCc1cc(Cl)c(OCc2ccccc2)c(OC)c1. The molecule has 0 unspecified atom stereocenters. The number of hydrogen-bond acceptors (Lipinski definition) is 5. The molecule has 0 heterocycles.